The van der Waals surface area contributed by atoms with Gasteiger partial charge in [-0.2, -0.15) is 5.10 Å². The number of aliphatic hydroxyl groups is 1. The summed E-state index contributed by atoms with van der Waals surface area (Å²) in [5.74, 6) is 1.26. The molecule has 0 fully saturated rings. The first kappa shape index (κ1) is 17.3. The van der Waals surface area contributed by atoms with E-state index in [1.807, 2.05) is 32.0 Å². The molecule has 1 aromatic heterocycles. The van der Waals surface area contributed by atoms with Crippen LogP contribution in [0.3, 0.4) is 0 Å². The van der Waals surface area contributed by atoms with Crippen LogP contribution < -0.4 is 14.8 Å². The number of hydrogen-bond acceptors (Lipinski definition) is 5. The molecular weight excluding hydrogens is 322 g/mol. The van der Waals surface area contributed by atoms with Crippen molar-refractivity contribution in [2.24, 2.45) is 5.92 Å². The van der Waals surface area contributed by atoms with Crippen LogP contribution in [0.5, 0.6) is 11.5 Å². The van der Waals surface area contributed by atoms with Crippen LogP contribution in [-0.2, 0) is 0 Å². The number of aliphatic hydroxyl groups excluding tert-OH is 1. The zero-order chi connectivity index (χ0) is 17.8. The normalized spacial score (nSPS) is 15.5. The maximum Gasteiger partial charge on any atom is 0.255 e. The molecule has 0 radical (unpaired) electrons. The summed E-state index contributed by atoms with van der Waals surface area (Å²) < 4.78 is 11.1. The quantitative estimate of drug-likeness (QED) is 0.744. The largest absolute Gasteiger partial charge is 0.486 e. The van der Waals surface area contributed by atoms with Crippen LogP contribution in [0.4, 0.5) is 0 Å². The topological polar surface area (TPSA) is 96.5 Å². The third-order valence-corrected chi connectivity index (χ3v) is 4.56. The molecule has 0 aliphatic carbocycles. The summed E-state index contributed by atoms with van der Waals surface area (Å²) in [7, 11) is 0. The second-order valence-electron chi connectivity index (χ2n) is 6.17. The molecule has 1 aliphatic rings. The fourth-order valence-corrected chi connectivity index (χ4v) is 2.78. The number of nitrogens with one attached hydrogen (secondary N) is 2. The molecule has 1 amide bonds. The summed E-state index contributed by atoms with van der Waals surface area (Å²) in [5, 5.41) is 19.3. The van der Waals surface area contributed by atoms with Gasteiger partial charge in [0.1, 0.15) is 13.2 Å². The zero-order valence-electron chi connectivity index (χ0n) is 14.4. The number of aromatic nitrogens is 2. The van der Waals surface area contributed by atoms with Gasteiger partial charge in [-0.05, 0) is 24.1 Å². The number of fused-ring (bicyclic) bond motifs is 1. The lowest BCUT2D eigenvalue weighted by molar-refractivity contribution is 0.0892. The van der Waals surface area contributed by atoms with Gasteiger partial charge in [0.05, 0.1) is 30.1 Å². The lowest BCUT2D eigenvalue weighted by atomic mass is 9.99. The number of rotatable bonds is 6. The van der Waals surface area contributed by atoms with E-state index >= 15 is 0 Å². The Balaban J connectivity index is 1.84. The lowest BCUT2D eigenvalue weighted by Gasteiger charge is -2.22. The number of ether oxygens (including phenoxy) is 2. The minimum atomic E-state index is -0.291. The minimum absolute atomic E-state index is 0.0993. The molecule has 1 aliphatic heterocycles. The average molecular weight is 345 g/mol. The van der Waals surface area contributed by atoms with Crippen LogP contribution in [-0.4, -0.2) is 47.1 Å². The number of nitrogens with zero attached hydrogens (tertiary/aromatic N) is 1. The molecule has 0 unspecified atom stereocenters. The highest BCUT2D eigenvalue weighted by Crippen LogP contribution is 2.34. The first-order valence-corrected chi connectivity index (χ1v) is 8.49. The molecule has 3 rings (SSSR count). The van der Waals surface area contributed by atoms with E-state index in [0.29, 0.717) is 36.0 Å². The second kappa shape index (κ2) is 7.57. The van der Waals surface area contributed by atoms with Gasteiger partial charge in [-0.3, -0.25) is 9.89 Å². The number of H-pyrrole nitrogens is 1. The predicted octanol–water partition coefficient (Wildman–Crippen LogP) is 1.98. The molecule has 2 heterocycles. The molecule has 134 valence electrons. The van der Waals surface area contributed by atoms with E-state index in [9.17, 15) is 9.90 Å². The summed E-state index contributed by atoms with van der Waals surface area (Å²) in [5.41, 5.74) is 1.82. The molecular formula is C18H23N3O4. The molecule has 7 heteroatoms. The van der Waals surface area contributed by atoms with E-state index in [4.69, 9.17) is 9.47 Å². The molecule has 0 spiro atoms. The van der Waals surface area contributed by atoms with Gasteiger partial charge in [-0.1, -0.05) is 20.3 Å². The van der Waals surface area contributed by atoms with Gasteiger partial charge in [0.15, 0.2) is 11.5 Å². The van der Waals surface area contributed by atoms with Crippen molar-refractivity contribution in [3.05, 3.63) is 30.0 Å². The molecule has 0 saturated heterocycles. The summed E-state index contributed by atoms with van der Waals surface area (Å²) in [6.07, 6.45) is 2.36. The summed E-state index contributed by atoms with van der Waals surface area (Å²) >= 11 is 0. The number of amides is 1. The number of benzene rings is 1. The standard InChI is InChI=1S/C18H23N3O4/c1-3-11(2)14(10-22)20-18(23)13-9-19-21-17(13)12-4-5-15-16(8-12)25-7-6-24-15/h4-5,8-9,11,14,22H,3,6-7,10H2,1-2H3,(H,19,21)(H,20,23)/t11-,14-/m1/s1. The molecule has 0 saturated carbocycles. The predicted molar refractivity (Wildman–Crippen MR) is 92.8 cm³/mol. The van der Waals surface area contributed by atoms with Crippen LogP contribution in [0.15, 0.2) is 24.4 Å². The monoisotopic (exact) mass is 345 g/mol. The van der Waals surface area contributed by atoms with Crippen molar-refractivity contribution in [1.82, 2.24) is 15.5 Å². The van der Waals surface area contributed by atoms with E-state index in [0.717, 1.165) is 12.0 Å². The highest BCUT2D eigenvalue weighted by atomic mass is 16.6. The third kappa shape index (κ3) is 3.61. The van der Waals surface area contributed by atoms with Crippen LogP contribution in [0.25, 0.3) is 11.3 Å². The Hall–Kier alpha value is -2.54. The molecule has 0 bridgehead atoms. The van der Waals surface area contributed by atoms with Crippen molar-refractivity contribution in [1.29, 1.82) is 0 Å². The first-order chi connectivity index (χ1) is 12.1. The van der Waals surface area contributed by atoms with Crippen molar-refractivity contribution in [2.75, 3.05) is 19.8 Å². The third-order valence-electron chi connectivity index (χ3n) is 4.56. The van der Waals surface area contributed by atoms with E-state index in [1.54, 1.807) is 0 Å². The van der Waals surface area contributed by atoms with E-state index in [1.165, 1.54) is 6.20 Å². The Morgan fingerprint density at radius 1 is 1.36 bits per heavy atom. The van der Waals surface area contributed by atoms with Gasteiger partial charge in [0.25, 0.3) is 5.91 Å². The Bertz CT molecular complexity index is 744. The minimum Gasteiger partial charge on any atom is -0.486 e. The van der Waals surface area contributed by atoms with Crippen molar-refractivity contribution in [3.8, 4) is 22.8 Å². The van der Waals surface area contributed by atoms with Crippen LogP contribution in [0.1, 0.15) is 30.6 Å². The SMILES string of the molecule is CC[C@@H](C)[C@@H](CO)NC(=O)c1cn[nH]c1-c1ccc2c(c1)OCCO2. The van der Waals surface area contributed by atoms with Gasteiger partial charge in [0, 0.05) is 5.56 Å². The van der Waals surface area contributed by atoms with Gasteiger partial charge in [-0.25, -0.2) is 0 Å². The zero-order valence-corrected chi connectivity index (χ0v) is 14.4. The van der Waals surface area contributed by atoms with Crippen molar-refractivity contribution in [2.45, 2.75) is 26.3 Å². The first-order valence-electron chi connectivity index (χ1n) is 8.49. The Labute approximate surface area is 146 Å². The van der Waals surface area contributed by atoms with Gasteiger partial charge < -0.3 is 19.9 Å². The van der Waals surface area contributed by atoms with Gasteiger partial charge in [0.2, 0.25) is 0 Å². The molecule has 2 atom stereocenters. The fraction of sp³-hybridized carbons (Fsp3) is 0.444. The Morgan fingerprint density at radius 2 is 2.12 bits per heavy atom. The summed E-state index contributed by atoms with van der Waals surface area (Å²) in [4.78, 5) is 12.6. The van der Waals surface area contributed by atoms with Crippen molar-refractivity contribution in [3.63, 3.8) is 0 Å². The second-order valence-corrected chi connectivity index (χ2v) is 6.17. The maximum absolute atomic E-state index is 12.6. The van der Waals surface area contributed by atoms with Gasteiger partial charge in [-0.15, -0.1) is 0 Å². The molecule has 3 N–H and O–H groups in total. The molecule has 2 aromatic rings. The van der Waals surface area contributed by atoms with Crippen LogP contribution in [0.2, 0.25) is 0 Å². The van der Waals surface area contributed by atoms with E-state index in [-0.39, 0.29) is 24.5 Å². The smallest absolute Gasteiger partial charge is 0.255 e. The maximum atomic E-state index is 12.6. The highest BCUT2D eigenvalue weighted by Gasteiger charge is 2.22. The van der Waals surface area contributed by atoms with Crippen LogP contribution in [0, 0.1) is 5.92 Å². The van der Waals surface area contributed by atoms with Crippen molar-refractivity contribution < 1.29 is 19.4 Å². The number of aromatic amines is 1. The van der Waals surface area contributed by atoms with E-state index < -0.39 is 0 Å². The molecule has 7 nitrogen and oxygen atoms in total. The Morgan fingerprint density at radius 3 is 2.84 bits per heavy atom. The number of carbonyl (C=O) groups is 1. The average Bonchev–Trinajstić information content (AvgIpc) is 3.14. The highest BCUT2D eigenvalue weighted by molar-refractivity contribution is 6.00. The molecule has 25 heavy (non-hydrogen) atoms. The fourth-order valence-electron chi connectivity index (χ4n) is 2.78. The van der Waals surface area contributed by atoms with E-state index in [2.05, 4.69) is 15.5 Å². The van der Waals surface area contributed by atoms with Gasteiger partial charge >= 0.3 is 0 Å². The number of hydrogen-bond donors (Lipinski definition) is 3. The number of carbonyl (C=O) groups excluding carboxylic acids is 1. The molecule has 1 aromatic carbocycles. The lowest BCUT2D eigenvalue weighted by Crippen LogP contribution is -2.41. The van der Waals surface area contributed by atoms with Crippen LogP contribution >= 0.6 is 0 Å². The summed E-state index contributed by atoms with van der Waals surface area (Å²) in [6, 6.07) is 5.22. The Kier molecular flexibility index (Phi) is 5.23. The van der Waals surface area contributed by atoms with Crippen molar-refractivity contribution >= 4 is 5.91 Å². The summed E-state index contributed by atoms with van der Waals surface area (Å²) in [6.45, 7) is 4.95.